The molecule has 0 radical (unpaired) electrons. The second-order valence-corrected chi connectivity index (χ2v) is 10.5. The van der Waals surface area contributed by atoms with Crippen molar-refractivity contribution in [1.29, 1.82) is 0 Å². The van der Waals surface area contributed by atoms with Crippen LogP contribution in [0.25, 0.3) is 11.2 Å². The van der Waals surface area contributed by atoms with Crippen molar-refractivity contribution in [3.63, 3.8) is 0 Å². The number of phenols is 1. The van der Waals surface area contributed by atoms with Crippen LogP contribution in [0.5, 0.6) is 5.75 Å². The third-order valence-electron chi connectivity index (χ3n) is 5.68. The lowest BCUT2D eigenvalue weighted by atomic mass is 9.78. The lowest BCUT2D eigenvalue weighted by molar-refractivity contribution is -0.121. The number of rotatable bonds is 4. The van der Waals surface area contributed by atoms with E-state index in [1.54, 1.807) is 0 Å². The van der Waals surface area contributed by atoms with Crippen molar-refractivity contribution in [2.24, 2.45) is 19.2 Å². The van der Waals surface area contributed by atoms with Crippen molar-refractivity contribution < 1.29 is 9.90 Å². The minimum Gasteiger partial charge on any atom is -0.507 e. The van der Waals surface area contributed by atoms with Crippen molar-refractivity contribution in [3.05, 3.63) is 56.0 Å². The van der Waals surface area contributed by atoms with Gasteiger partial charge in [0, 0.05) is 25.2 Å². The highest BCUT2D eigenvalue weighted by atomic mass is 16.3. The molecule has 2 aromatic heterocycles. The summed E-state index contributed by atoms with van der Waals surface area (Å²) in [5, 5.41) is 14.9. The third kappa shape index (κ3) is 4.66. The number of nitrogens with one attached hydrogen (secondary N) is 1. The average molecular weight is 469 g/mol. The highest BCUT2D eigenvalue weighted by Crippen LogP contribution is 2.39. The number of hydrazone groups is 1. The maximum Gasteiger partial charge on any atom is 0.332 e. The summed E-state index contributed by atoms with van der Waals surface area (Å²) >= 11 is 0. The molecular weight excluding hydrogens is 436 g/mol. The summed E-state index contributed by atoms with van der Waals surface area (Å²) in [5.41, 5.74) is 3.57. The minimum absolute atomic E-state index is 0.159. The first-order chi connectivity index (χ1) is 15.6. The van der Waals surface area contributed by atoms with Gasteiger partial charge in [0.25, 0.3) is 11.5 Å². The second kappa shape index (κ2) is 8.58. The monoisotopic (exact) mass is 468 g/mol. The van der Waals surface area contributed by atoms with Crippen molar-refractivity contribution in [3.8, 4) is 5.75 Å². The Morgan fingerprint density at radius 2 is 1.62 bits per heavy atom. The Hall–Kier alpha value is -3.69. The van der Waals surface area contributed by atoms with Crippen molar-refractivity contribution in [2.75, 3.05) is 0 Å². The lowest BCUT2D eigenvalue weighted by Gasteiger charge is -2.27. The molecule has 0 spiro atoms. The van der Waals surface area contributed by atoms with Crippen LogP contribution in [0, 0.1) is 0 Å². The molecule has 0 bridgehead atoms. The Labute approximate surface area is 197 Å². The zero-order valence-corrected chi connectivity index (χ0v) is 20.9. The molecule has 3 aromatic rings. The Morgan fingerprint density at radius 3 is 2.15 bits per heavy atom. The third-order valence-corrected chi connectivity index (χ3v) is 5.68. The zero-order valence-electron chi connectivity index (χ0n) is 20.9. The zero-order chi connectivity index (χ0) is 25.6. The predicted octanol–water partition coefficient (Wildman–Crippen LogP) is 1.88. The van der Waals surface area contributed by atoms with E-state index in [1.807, 2.05) is 53.7 Å². The topological polar surface area (TPSA) is 124 Å². The number of aryl methyl sites for hydroxylation is 1. The molecule has 10 nitrogen and oxygen atoms in total. The Morgan fingerprint density at radius 1 is 1.06 bits per heavy atom. The number of amides is 1. The fraction of sp³-hybridized carbons (Fsp3) is 0.458. The molecule has 2 N–H and O–H groups in total. The van der Waals surface area contributed by atoms with Crippen molar-refractivity contribution >= 4 is 23.3 Å². The van der Waals surface area contributed by atoms with E-state index in [4.69, 9.17) is 0 Å². The Balaban J connectivity index is 1.86. The van der Waals surface area contributed by atoms with Gasteiger partial charge in [-0.1, -0.05) is 41.5 Å². The minimum atomic E-state index is -0.527. The molecule has 0 saturated carbocycles. The first-order valence-electron chi connectivity index (χ1n) is 10.9. The van der Waals surface area contributed by atoms with Crippen LogP contribution in [-0.2, 0) is 36.3 Å². The molecule has 34 heavy (non-hydrogen) atoms. The first-order valence-corrected chi connectivity index (χ1v) is 10.9. The van der Waals surface area contributed by atoms with Gasteiger partial charge in [-0.15, -0.1) is 0 Å². The van der Waals surface area contributed by atoms with Gasteiger partial charge in [-0.3, -0.25) is 18.7 Å². The van der Waals surface area contributed by atoms with Crippen LogP contribution in [0.1, 0.15) is 58.2 Å². The van der Waals surface area contributed by atoms with Gasteiger partial charge < -0.3 is 9.67 Å². The van der Waals surface area contributed by atoms with Gasteiger partial charge in [-0.25, -0.2) is 15.2 Å². The average Bonchev–Trinajstić information content (AvgIpc) is 3.13. The number of hydrogen-bond acceptors (Lipinski definition) is 6. The summed E-state index contributed by atoms with van der Waals surface area (Å²) in [6.07, 6.45) is 2.87. The molecule has 3 rings (SSSR count). The molecule has 182 valence electrons. The number of aromatic hydroxyl groups is 1. The van der Waals surface area contributed by atoms with Gasteiger partial charge in [-0.2, -0.15) is 5.10 Å². The molecule has 0 aliphatic carbocycles. The van der Waals surface area contributed by atoms with Gasteiger partial charge >= 0.3 is 5.69 Å². The van der Waals surface area contributed by atoms with Crippen LogP contribution in [0.4, 0.5) is 0 Å². The summed E-state index contributed by atoms with van der Waals surface area (Å²) in [4.78, 5) is 41.2. The number of aromatic nitrogens is 4. The van der Waals surface area contributed by atoms with E-state index in [1.165, 1.54) is 35.8 Å². The highest BCUT2D eigenvalue weighted by molar-refractivity contribution is 5.84. The van der Waals surface area contributed by atoms with E-state index in [0.717, 1.165) is 21.3 Å². The molecule has 0 atom stereocenters. The van der Waals surface area contributed by atoms with Gasteiger partial charge in [0.15, 0.2) is 11.2 Å². The summed E-state index contributed by atoms with van der Waals surface area (Å²) < 4.78 is 3.62. The standard InChI is InChI=1S/C24H32N6O4/c1-23(2,3)15-9-14(10-16(19(15)32)24(4,5)6)11-26-27-17(31)12-30-13-25-20-18(30)21(33)29(8)22(34)28(20)7/h9-11,13,32H,12H2,1-8H3,(H,27,31)/b26-11-. The van der Waals surface area contributed by atoms with Gasteiger partial charge in [0.05, 0.1) is 12.5 Å². The largest absolute Gasteiger partial charge is 0.507 e. The van der Waals surface area contributed by atoms with Crippen molar-refractivity contribution in [1.82, 2.24) is 24.1 Å². The smallest absolute Gasteiger partial charge is 0.332 e. The lowest BCUT2D eigenvalue weighted by Crippen LogP contribution is -2.38. The number of benzene rings is 1. The molecule has 0 aliphatic heterocycles. The van der Waals surface area contributed by atoms with E-state index in [-0.39, 0.29) is 34.3 Å². The van der Waals surface area contributed by atoms with E-state index < -0.39 is 17.2 Å². The fourth-order valence-electron chi connectivity index (χ4n) is 3.76. The van der Waals surface area contributed by atoms with Crippen LogP contribution in [0.2, 0.25) is 0 Å². The Bertz CT molecular complexity index is 1380. The van der Waals surface area contributed by atoms with Gasteiger partial charge in [-0.05, 0) is 28.5 Å². The van der Waals surface area contributed by atoms with E-state index in [2.05, 4.69) is 15.5 Å². The molecule has 0 fully saturated rings. The fourth-order valence-corrected chi connectivity index (χ4v) is 3.76. The second-order valence-electron chi connectivity index (χ2n) is 10.5. The number of imidazole rings is 1. The summed E-state index contributed by atoms with van der Waals surface area (Å²) in [6, 6.07) is 3.71. The van der Waals surface area contributed by atoms with Crippen LogP contribution in [0.15, 0.2) is 33.2 Å². The van der Waals surface area contributed by atoms with Crippen molar-refractivity contribution in [2.45, 2.75) is 58.9 Å². The molecular formula is C24H32N6O4. The maximum atomic E-state index is 12.5. The molecule has 0 aliphatic rings. The predicted molar refractivity (Wildman–Crippen MR) is 131 cm³/mol. The van der Waals surface area contributed by atoms with E-state index >= 15 is 0 Å². The Kier molecular flexibility index (Phi) is 6.30. The number of nitrogens with zero attached hydrogens (tertiary/aromatic N) is 5. The molecule has 1 aromatic carbocycles. The van der Waals surface area contributed by atoms with Crippen LogP contribution >= 0.6 is 0 Å². The number of carbonyl (C=O) groups excluding carboxylic acids is 1. The first kappa shape index (κ1) is 24.9. The van der Waals surface area contributed by atoms with Crippen LogP contribution in [-0.4, -0.2) is 35.9 Å². The molecule has 2 heterocycles. The summed E-state index contributed by atoms with van der Waals surface area (Å²) in [7, 11) is 2.89. The normalized spacial score (nSPS) is 12.6. The van der Waals surface area contributed by atoms with E-state index in [0.29, 0.717) is 0 Å². The highest BCUT2D eigenvalue weighted by Gasteiger charge is 2.26. The number of fused-ring (bicyclic) bond motifs is 1. The number of carbonyl (C=O) groups is 1. The summed E-state index contributed by atoms with van der Waals surface area (Å²) in [5.74, 6) is -0.193. The molecule has 10 heteroatoms. The van der Waals surface area contributed by atoms with Crippen LogP contribution < -0.4 is 16.7 Å². The van der Waals surface area contributed by atoms with Gasteiger partial charge in [0.1, 0.15) is 12.3 Å². The van der Waals surface area contributed by atoms with Crippen LogP contribution in [0.3, 0.4) is 0 Å². The maximum absolute atomic E-state index is 12.5. The molecule has 0 saturated heterocycles. The quantitative estimate of drug-likeness (QED) is 0.447. The SMILES string of the molecule is Cn1c(=O)c2c(ncn2CC(=O)N/N=C\c2cc(C(C)(C)C)c(O)c(C(C)(C)C)c2)n(C)c1=O. The number of hydrogen-bond donors (Lipinski definition) is 2. The van der Waals surface area contributed by atoms with E-state index in [9.17, 15) is 19.5 Å². The molecule has 0 unspecified atom stereocenters. The number of phenolic OH excluding ortho intramolecular Hbond substituents is 1. The van der Waals surface area contributed by atoms with Gasteiger partial charge in [0.2, 0.25) is 0 Å². The molecule has 1 amide bonds. The summed E-state index contributed by atoms with van der Waals surface area (Å²) in [6.45, 7) is 11.9.